The van der Waals surface area contributed by atoms with Gasteiger partial charge in [0.15, 0.2) is 0 Å². The highest BCUT2D eigenvalue weighted by molar-refractivity contribution is 5.65. The van der Waals surface area contributed by atoms with Crippen LogP contribution in [-0.2, 0) is 13.0 Å². The van der Waals surface area contributed by atoms with Crippen molar-refractivity contribution in [2.75, 3.05) is 5.73 Å². The van der Waals surface area contributed by atoms with Gasteiger partial charge in [-0.15, -0.1) is 5.10 Å². The van der Waals surface area contributed by atoms with Crippen molar-refractivity contribution >= 4 is 5.95 Å². The quantitative estimate of drug-likeness (QED) is 0.563. The zero-order valence-corrected chi connectivity index (χ0v) is 14.2. The second kappa shape index (κ2) is 6.71. The van der Waals surface area contributed by atoms with Crippen LogP contribution in [0.2, 0.25) is 0 Å². The molecule has 0 saturated heterocycles. The summed E-state index contributed by atoms with van der Waals surface area (Å²) in [6.45, 7) is 2.62. The van der Waals surface area contributed by atoms with Crippen LogP contribution in [0.4, 0.5) is 5.95 Å². The van der Waals surface area contributed by atoms with Crippen molar-refractivity contribution in [3.8, 4) is 22.6 Å². The maximum atomic E-state index is 5.85. The molecule has 0 bridgehead atoms. The Bertz CT molecular complexity index is 1020. The van der Waals surface area contributed by atoms with E-state index in [0.29, 0.717) is 23.6 Å². The van der Waals surface area contributed by atoms with Crippen LogP contribution in [0.15, 0.2) is 42.9 Å². The standard InChI is InChI=1S/C17H17N9/c1-2-12-4-3-5-13(21-12)9-26-10-16(24-25-26)15-6-14(22-17(18)23-15)11-7-19-20-8-11/h3-8,10H,2,9H2,1H3,(H,19,20)(H2,18,22,23). The van der Waals surface area contributed by atoms with Crippen molar-refractivity contribution in [3.05, 3.63) is 54.2 Å². The molecular formula is C17H17N9. The van der Waals surface area contributed by atoms with Crippen LogP contribution in [0.5, 0.6) is 0 Å². The summed E-state index contributed by atoms with van der Waals surface area (Å²) >= 11 is 0. The van der Waals surface area contributed by atoms with E-state index >= 15 is 0 Å². The fraction of sp³-hybridized carbons (Fsp3) is 0.176. The molecule has 0 aliphatic carbocycles. The monoisotopic (exact) mass is 347 g/mol. The Kier molecular flexibility index (Phi) is 4.10. The van der Waals surface area contributed by atoms with Gasteiger partial charge in [-0.1, -0.05) is 18.2 Å². The number of aromatic amines is 1. The largest absolute Gasteiger partial charge is 0.368 e. The maximum absolute atomic E-state index is 5.85. The number of aromatic nitrogens is 8. The molecule has 26 heavy (non-hydrogen) atoms. The highest BCUT2D eigenvalue weighted by Gasteiger charge is 2.11. The number of nitrogens with two attached hydrogens (primary N) is 1. The zero-order valence-electron chi connectivity index (χ0n) is 14.2. The summed E-state index contributed by atoms with van der Waals surface area (Å²) in [6.07, 6.45) is 6.14. The lowest BCUT2D eigenvalue weighted by molar-refractivity contribution is 0.636. The average Bonchev–Trinajstić information content (AvgIpc) is 3.33. The van der Waals surface area contributed by atoms with Crippen LogP contribution in [0.25, 0.3) is 22.6 Å². The van der Waals surface area contributed by atoms with Gasteiger partial charge < -0.3 is 5.73 Å². The van der Waals surface area contributed by atoms with Crippen LogP contribution < -0.4 is 5.73 Å². The van der Waals surface area contributed by atoms with Gasteiger partial charge in [0.25, 0.3) is 0 Å². The maximum Gasteiger partial charge on any atom is 0.221 e. The fourth-order valence-corrected chi connectivity index (χ4v) is 2.61. The first-order valence-electron chi connectivity index (χ1n) is 8.20. The number of H-pyrrole nitrogens is 1. The van der Waals surface area contributed by atoms with E-state index in [4.69, 9.17) is 5.73 Å². The summed E-state index contributed by atoms with van der Waals surface area (Å²) in [5.41, 5.74) is 10.6. The van der Waals surface area contributed by atoms with Crippen molar-refractivity contribution < 1.29 is 0 Å². The van der Waals surface area contributed by atoms with E-state index in [0.717, 1.165) is 23.4 Å². The second-order valence-electron chi connectivity index (χ2n) is 5.76. The number of nitrogen functional groups attached to an aromatic ring is 1. The van der Waals surface area contributed by atoms with Crippen molar-refractivity contribution in [1.29, 1.82) is 0 Å². The van der Waals surface area contributed by atoms with E-state index in [1.165, 1.54) is 0 Å². The minimum atomic E-state index is 0.172. The first-order chi connectivity index (χ1) is 12.7. The van der Waals surface area contributed by atoms with E-state index in [9.17, 15) is 0 Å². The number of hydrogen-bond donors (Lipinski definition) is 2. The third-order valence-corrected chi connectivity index (χ3v) is 3.89. The molecule has 0 atom stereocenters. The first kappa shape index (κ1) is 15.9. The van der Waals surface area contributed by atoms with Crippen molar-refractivity contribution in [2.24, 2.45) is 0 Å². The van der Waals surface area contributed by atoms with E-state index in [1.807, 2.05) is 30.5 Å². The van der Waals surface area contributed by atoms with E-state index in [-0.39, 0.29) is 5.95 Å². The molecule has 0 aliphatic heterocycles. The highest BCUT2D eigenvalue weighted by Crippen LogP contribution is 2.22. The van der Waals surface area contributed by atoms with Crippen molar-refractivity contribution in [2.45, 2.75) is 19.9 Å². The Hall–Kier alpha value is -3.62. The van der Waals surface area contributed by atoms with E-state index in [2.05, 4.69) is 42.4 Å². The molecule has 9 heteroatoms. The second-order valence-corrected chi connectivity index (χ2v) is 5.76. The molecule has 0 fully saturated rings. The van der Waals surface area contributed by atoms with Gasteiger partial charge in [0.1, 0.15) is 5.69 Å². The molecule has 4 aromatic heterocycles. The van der Waals surface area contributed by atoms with Crippen LogP contribution in [0, 0.1) is 0 Å². The fourth-order valence-electron chi connectivity index (χ4n) is 2.61. The minimum absolute atomic E-state index is 0.172. The average molecular weight is 347 g/mol. The Morgan fingerprint density at radius 2 is 1.92 bits per heavy atom. The summed E-state index contributed by atoms with van der Waals surface area (Å²) < 4.78 is 1.73. The molecular weight excluding hydrogens is 330 g/mol. The number of hydrogen-bond acceptors (Lipinski definition) is 7. The van der Waals surface area contributed by atoms with Gasteiger partial charge >= 0.3 is 0 Å². The molecule has 0 spiro atoms. The lowest BCUT2D eigenvalue weighted by Crippen LogP contribution is -2.03. The van der Waals surface area contributed by atoms with Gasteiger partial charge in [-0.2, -0.15) is 5.10 Å². The lowest BCUT2D eigenvalue weighted by Gasteiger charge is -2.03. The molecule has 9 nitrogen and oxygen atoms in total. The highest BCUT2D eigenvalue weighted by atomic mass is 15.4. The number of rotatable bonds is 5. The molecule has 0 aromatic carbocycles. The zero-order chi connectivity index (χ0) is 17.9. The van der Waals surface area contributed by atoms with Gasteiger partial charge in [-0.25, -0.2) is 14.6 Å². The van der Waals surface area contributed by atoms with E-state index in [1.54, 1.807) is 17.1 Å². The van der Waals surface area contributed by atoms with Crippen molar-refractivity contribution in [3.63, 3.8) is 0 Å². The summed E-state index contributed by atoms with van der Waals surface area (Å²) in [5, 5.41) is 15.1. The Balaban J connectivity index is 1.62. The molecule has 130 valence electrons. The molecule has 0 aliphatic rings. The number of pyridine rings is 1. The summed E-state index contributed by atoms with van der Waals surface area (Å²) in [7, 11) is 0. The molecule has 0 amide bonds. The molecule has 0 radical (unpaired) electrons. The summed E-state index contributed by atoms with van der Waals surface area (Å²) in [5.74, 6) is 0.172. The predicted molar refractivity (Wildman–Crippen MR) is 95.8 cm³/mol. The van der Waals surface area contributed by atoms with Crippen LogP contribution in [0.3, 0.4) is 0 Å². The topological polar surface area (TPSA) is 124 Å². The third-order valence-electron chi connectivity index (χ3n) is 3.89. The van der Waals surface area contributed by atoms with Gasteiger partial charge in [0.05, 0.1) is 36.0 Å². The first-order valence-corrected chi connectivity index (χ1v) is 8.20. The third kappa shape index (κ3) is 3.27. The van der Waals surface area contributed by atoms with Gasteiger partial charge in [0, 0.05) is 17.5 Å². The van der Waals surface area contributed by atoms with Crippen LogP contribution >= 0.6 is 0 Å². The van der Waals surface area contributed by atoms with Gasteiger partial charge in [-0.05, 0) is 24.6 Å². The smallest absolute Gasteiger partial charge is 0.221 e. The SMILES string of the molecule is CCc1cccc(Cn2cc(-c3cc(-c4cn[nH]c4)nc(N)n3)nn2)n1. The Labute approximate surface area is 149 Å². The number of anilines is 1. The van der Waals surface area contributed by atoms with Gasteiger partial charge in [-0.3, -0.25) is 10.1 Å². The summed E-state index contributed by atoms with van der Waals surface area (Å²) in [6, 6.07) is 7.80. The van der Waals surface area contributed by atoms with E-state index < -0.39 is 0 Å². The van der Waals surface area contributed by atoms with Crippen LogP contribution in [0.1, 0.15) is 18.3 Å². The summed E-state index contributed by atoms with van der Waals surface area (Å²) in [4.78, 5) is 13.1. The number of nitrogens with zero attached hydrogens (tertiary/aromatic N) is 7. The number of aryl methyl sites for hydroxylation is 1. The van der Waals surface area contributed by atoms with Crippen molar-refractivity contribution in [1.82, 2.24) is 40.1 Å². The van der Waals surface area contributed by atoms with Crippen LogP contribution in [-0.4, -0.2) is 40.1 Å². The molecule has 3 N–H and O–H groups in total. The molecule has 0 unspecified atom stereocenters. The molecule has 0 saturated carbocycles. The Morgan fingerprint density at radius 3 is 2.73 bits per heavy atom. The Morgan fingerprint density at radius 1 is 1.08 bits per heavy atom. The predicted octanol–water partition coefficient (Wildman–Crippen LogP) is 1.71. The molecule has 4 aromatic rings. The molecule has 4 heterocycles. The normalized spacial score (nSPS) is 11.0. The lowest BCUT2D eigenvalue weighted by atomic mass is 10.2. The number of nitrogens with one attached hydrogen (secondary N) is 1. The minimum Gasteiger partial charge on any atom is -0.368 e. The van der Waals surface area contributed by atoms with Gasteiger partial charge in [0.2, 0.25) is 5.95 Å². The molecule has 4 rings (SSSR count).